The molecule has 0 saturated carbocycles. The highest BCUT2D eigenvalue weighted by atomic mass is 16.6. The molecule has 19 heavy (non-hydrogen) atoms. The zero-order valence-corrected chi connectivity index (χ0v) is 11.2. The highest BCUT2D eigenvalue weighted by Gasteiger charge is 2.26. The first-order valence-electron chi connectivity index (χ1n) is 6.73. The Balaban J connectivity index is 2.04. The number of hydrogen-bond donors (Lipinski definition) is 1. The Labute approximate surface area is 113 Å². The molecule has 104 valence electrons. The maximum Gasteiger partial charge on any atom is 0.269 e. The smallest absolute Gasteiger partial charge is 0.269 e. The topological polar surface area (TPSA) is 66.6 Å². The average molecular weight is 264 g/mol. The molecule has 0 spiro atoms. The van der Waals surface area contributed by atoms with Gasteiger partial charge in [-0.3, -0.25) is 15.0 Å². The van der Waals surface area contributed by atoms with E-state index in [9.17, 15) is 15.2 Å². The zero-order chi connectivity index (χ0) is 13.8. The number of nitro benzene ring substituents is 1. The van der Waals surface area contributed by atoms with Gasteiger partial charge in [-0.1, -0.05) is 18.6 Å². The third-order valence-corrected chi connectivity index (χ3v) is 3.75. The van der Waals surface area contributed by atoms with Crippen LogP contribution in [0.2, 0.25) is 0 Å². The molecule has 1 aromatic rings. The fourth-order valence-corrected chi connectivity index (χ4v) is 2.72. The third kappa shape index (κ3) is 3.52. The molecule has 0 unspecified atom stereocenters. The van der Waals surface area contributed by atoms with E-state index < -0.39 is 0 Å². The van der Waals surface area contributed by atoms with Crippen molar-refractivity contribution in [3.05, 3.63) is 39.9 Å². The van der Waals surface area contributed by atoms with Crippen molar-refractivity contribution in [3.8, 4) is 0 Å². The van der Waals surface area contributed by atoms with Crippen LogP contribution in [0, 0.1) is 10.1 Å². The Morgan fingerprint density at radius 3 is 2.68 bits per heavy atom. The second kappa shape index (κ2) is 6.12. The van der Waals surface area contributed by atoms with E-state index in [0.29, 0.717) is 0 Å². The lowest BCUT2D eigenvalue weighted by Crippen LogP contribution is -2.45. The lowest BCUT2D eigenvalue weighted by Gasteiger charge is -2.37. The average Bonchev–Trinajstić information content (AvgIpc) is 2.39. The number of benzene rings is 1. The minimum atomic E-state index is -0.386. The Hall–Kier alpha value is -1.46. The normalized spacial score (nSPS) is 22.1. The summed E-state index contributed by atoms with van der Waals surface area (Å²) in [5.74, 6) is 0. The number of hydrogen-bond acceptors (Lipinski definition) is 4. The predicted molar refractivity (Wildman–Crippen MR) is 72.8 cm³/mol. The summed E-state index contributed by atoms with van der Waals surface area (Å²) in [6.07, 6.45) is 2.99. The van der Waals surface area contributed by atoms with E-state index in [-0.39, 0.29) is 22.8 Å². The third-order valence-electron chi connectivity index (χ3n) is 3.75. The Morgan fingerprint density at radius 1 is 1.42 bits per heavy atom. The van der Waals surface area contributed by atoms with Gasteiger partial charge in [-0.2, -0.15) is 0 Å². The lowest BCUT2D eigenvalue weighted by atomic mass is 9.97. The number of likely N-dealkylation sites (tertiary alicyclic amines) is 1. The number of aliphatic hydroxyl groups excluding tert-OH is 1. The van der Waals surface area contributed by atoms with E-state index >= 15 is 0 Å². The minimum Gasteiger partial charge on any atom is -0.392 e. The van der Waals surface area contributed by atoms with Crippen LogP contribution in [0.1, 0.15) is 31.7 Å². The molecule has 1 saturated heterocycles. The molecule has 0 aromatic heterocycles. The molecule has 0 radical (unpaired) electrons. The van der Waals surface area contributed by atoms with E-state index in [2.05, 4.69) is 4.90 Å². The maximum absolute atomic E-state index is 10.6. The zero-order valence-electron chi connectivity index (χ0n) is 11.2. The Kier molecular flexibility index (Phi) is 4.50. The van der Waals surface area contributed by atoms with Gasteiger partial charge >= 0.3 is 0 Å². The number of non-ortho nitro benzene ring substituents is 1. The number of nitro groups is 1. The largest absolute Gasteiger partial charge is 0.392 e. The van der Waals surface area contributed by atoms with Crippen LogP contribution in [0.5, 0.6) is 0 Å². The molecule has 1 aliphatic heterocycles. The van der Waals surface area contributed by atoms with Crippen LogP contribution in [0.3, 0.4) is 0 Å². The van der Waals surface area contributed by atoms with Crippen molar-refractivity contribution in [3.63, 3.8) is 0 Å². The number of aliphatic hydroxyl groups is 1. The van der Waals surface area contributed by atoms with Gasteiger partial charge in [0.1, 0.15) is 0 Å². The molecule has 1 fully saturated rings. The summed E-state index contributed by atoms with van der Waals surface area (Å²) in [7, 11) is 0. The highest BCUT2D eigenvalue weighted by molar-refractivity contribution is 5.32. The van der Waals surface area contributed by atoms with E-state index in [1.807, 2.05) is 6.92 Å². The van der Waals surface area contributed by atoms with Crippen LogP contribution in [0.25, 0.3) is 0 Å². The fourth-order valence-electron chi connectivity index (χ4n) is 2.72. The SMILES string of the molecule is C[C@@H](O)[C@H]1CCCCN1Cc1ccc([N+](=O)[O-])cc1. The summed E-state index contributed by atoms with van der Waals surface area (Å²) < 4.78 is 0. The van der Waals surface area contributed by atoms with Gasteiger partial charge in [0.15, 0.2) is 0 Å². The maximum atomic E-state index is 10.6. The molecule has 2 atom stereocenters. The second-order valence-electron chi connectivity index (χ2n) is 5.20. The first-order valence-corrected chi connectivity index (χ1v) is 6.73. The van der Waals surface area contributed by atoms with Crippen LogP contribution in [0.4, 0.5) is 5.69 Å². The van der Waals surface area contributed by atoms with Gasteiger partial charge in [-0.25, -0.2) is 0 Å². The van der Waals surface area contributed by atoms with Gasteiger partial charge in [0.2, 0.25) is 0 Å². The van der Waals surface area contributed by atoms with Crippen molar-refractivity contribution in [2.24, 2.45) is 0 Å². The van der Waals surface area contributed by atoms with Crippen LogP contribution >= 0.6 is 0 Å². The summed E-state index contributed by atoms with van der Waals surface area (Å²) in [6.45, 7) is 3.55. The van der Waals surface area contributed by atoms with Crippen LogP contribution < -0.4 is 0 Å². The summed E-state index contributed by atoms with van der Waals surface area (Å²) in [6, 6.07) is 6.87. The van der Waals surface area contributed by atoms with Crippen LogP contribution in [-0.4, -0.2) is 33.6 Å². The first kappa shape index (κ1) is 14.0. The van der Waals surface area contributed by atoms with E-state index in [4.69, 9.17) is 0 Å². The van der Waals surface area contributed by atoms with Gasteiger partial charge in [0.05, 0.1) is 11.0 Å². The summed E-state index contributed by atoms with van der Waals surface area (Å²) in [5.41, 5.74) is 1.17. The standard InChI is InChI=1S/C14H20N2O3/c1-11(17)14-4-2-3-9-15(14)10-12-5-7-13(8-6-12)16(18)19/h5-8,11,14,17H,2-4,9-10H2,1H3/t11-,14-/m1/s1. The van der Waals surface area contributed by atoms with Gasteiger partial charge in [0, 0.05) is 24.7 Å². The fraction of sp³-hybridized carbons (Fsp3) is 0.571. The van der Waals surface area contributed by atoms with E-state index in [1.54, 1.807) is 12.1 Å². The lowest BCUT2D eigenvalue weighted by molar-refractivity contribution is -0.384. The Morgan fingerprint density at radius 2 is 2.11 bits per heavy atom. The molecule has 5 heteroatoms. The molecule has 5 nitrogen and oxygen atoms in total. The highest BCUT2D eigenvalue weighted by Crippen LogP contribution is 2.22. The van der Waals surface area contributed by atoms with Gasteiger partial charge < -0.3 is 5.11 Å². The number of nitrogens with zero attached hydrogens (tertiary/aromatic N) is 2. The van der Waals surface area contributed by atoms with E-state index in [1.165, 1.54) is 12.1 Å². The van der Waals surface area contributed by atoms with Crippen molar-refractivity contribution >= 4 is 5.69 Å². The monoisotopic (exact) mass is 264 g/mol. The molecule has 1 aromatic carbocycles. The van der Waals surface area contributed by atoms with Gasteiger partial charge in [-0.05, 0) is 31.9 Å². The summed E-state index contributed by atoms with van der Waals surface area (Å²) in [5, 5.41) is 20.4. The molecule has 0 amide bonds. The molecule has 1 aliphatic rings. The summed E-state index contributed by atoms with van der Waals surface area (Å²) in [4.78, 5) is 12.5. The van der Waals surface area contributed by atoms with Crippen LogP contribution in [-0.2, 0) is 6.54 Å². The van der Waals surface area contributed by atoms with E-state index in [0.717, 1.165) is 37.9 Å². The minimum absolute atomic E-state index is 0.120. The van der Waals surface area contributed by atoms with Crippen molar-refractivity contribution in [1.82, 2.24) is 4.90 Å². The Bertz CT molecular complexity index is 431. The van der Waals surface area contributed by atoms with Gasteiger partial charge in [-0.15, -0.1) is 0 Å². The number of piperidine rings is 1. The van der Waals surface area contributed by atoms with Crippen molar-refractivity contribution < 1.29 is 10.0 Å². The van der Waals surface area contributed by atoms with Crippen LogP contribution in [0.15, 0.2) is 24.3 Å². The molecular weight excluding hydrogens is 244 g/mol. The molecule has 1 N–H and O–H groups in total. The summed E-state index contributed by atoms with van der Waals surface area (Å²) >= 11 is 0. The molecule has 2 rings (SSSR count). The number of rotatable bonds is 4. The predicted octanol–water partition coefficient (Wildman–Crippen LogP) is 2.33. The molecule has 0 bridgehead atoms. The van der Waals surface area contributed by atoms with Crippen molar-refractivity contribution in [1.29, 1.82) is 0 Å². The first-order chi connectivity index (χ1) is 9.08. The van der Waals surface area contributed by atoms with Crippen molar-refractivity contribution in [2.75, 3.05) is 6.54 Å². The molecular formula is C14H20N2O3. The molecule has 0 aliphatic carbocycles. The quantitative estimate of drug-likeness (QED) is 0.669. The van der Waals surface area contributed by atoms with Gasteiger partial charge in [0.25, 0.3) is 5.69 Å². The van der Waals surface area contributed by atoms with Crippen molar-refractivity contribution in [2.45, 2.75) is 44.9 Å². The molecule has 1 heterocycles. The second-order valence-corrected chi connectivity index (χ2v) is 5.20.